The molecule has 24 heavy (non-hydrogen) atoms. The number of carbonyl (C=O) groups is 1. The van der Waals surface area contributed by atoms with Crippen molar-refractivity contribution in [3.63, 3.8) is 0 Å². The lowest BCUT2D eigenvalue weighted by atomic mass is 9.95. The average molecular weight is 367 g/mol. The van der Waals surface area contributed by atoms with E-state index in [1.807, 2.05) is 0 Å². The van der Waals surface area contributed by atoms with Crippen LogP contribution >= 0.6 is 11.6 Å². The smallest absolute Gasteiger partial charge is 0.289 e. The van der Waals surface area contributed by atoms with Crippen LogP contribution < -0.4 is 0 Å². The number of hydrogen-bond acceptors (Lipinski definition) is 1. The molecule has 0 atom stereocenters. The molecule has 0 N–H and O–H groups in total. The van der Waals surface area contributed by atoms with Gasteiger partial charge in [-0.1, -0.05) is 17.7 Å². The Kier molecular flexibility index (Phi) is 4.68. The summed E-state index contributed by atoms with van der Waals surface area (Å²) in [6, 6.07) is 4.59. The highest BCUT2D eigenvalue weighted by Gasteiger charge is 2.33. The Bertz CT molecular complexity index is 727. The van der Waals surface area contributed by atoms with Crippen LogP contribution in [0.2, 0.25) is 5.02 Å². The Balaban J connectivity index is 2.57. The maximum Gasteiger partial charge on any atom is 0.416 e. The van der Waals surface area contributed by atoms with Gasteiger partial charge in [0.25, 0.3) is 0 Å². The van der Waals surface area contributed by atoms with E-state index in [9.17, 15) is 31.1 Å². The van der Waals surface area contributed by atoms with Crippen LogP contribution in [0.25, 0.3) is 0 Å². The van der Waals surface area contributed by atoms with Gasteiger partial charge < -0.3 is 0 Å². The summed E-state index contributed by atoms with van der Waals surface area (Å²) in [6.07, 6.45) is -9.39. The molecular weight excluding hydrogens is 358 g/mol. The molecule has 0 unspecified atom stereocenters. The van der Waals surface area contributed by atoms with Gasteiger partial charge in [0.15, 0.2) is 5.78 Å². The van der Waals surface area contributed by atoms with E-state index in [4.69, 9.17) is 11.6 Å². The van der Waals surface area contributed by atoms with E-state index in [-0.39, 0.29) is 16.1 Å². The van der Waals surface area contributed by atoms with Crippen LogP contribution in [0, 0.1) is 6.92 Å². The molecule has 2 rings (SSSR count). The van der Waals surface area contributed by atoms with E-state index in [2.05, 4.69) is 0 Å². The topological polar surface area (TPSA) is 17.1 Å². The van der Waals surface area contributed by atoms with E-state index in [1.54, 1.807) is 0 Å². The van der Waals surface area contributed by atoms with Crippen molar-refractivity contribution in [2.45, 2.75) is 19.3 Å². The van der Waals surface area contributed by atoms with Gasteiger partial charge >= 0.3 is 12.4 Å². The Labute approximate surface area is 137 Å². The predicted molar refractivity (Wildman–Crippen MR) is 76.1 cm³/mol. The lowest BCUT2D eigenvalue weighted by Gasteiger charge is -2.13. The van der Waals surface area contributed by atoms with Crippen molar-refractivity contribution in [2.75, 3.05) is 0 Å². The van der Waals surface area contributed by atoms with Crippen molar-refractivity contribution in [1.82, 2.24) is 0 Å². The van der Waals surface area contributed by atoms with E-state index in [1.165, 1.54) is 6.92 Å². The summed E-state index contributed by atoms with van der Waals surface area (Å²) in [6.45, 7) is 1.38. The quantitative estimate of drug-likeness (QED) is 0.476. The maximum atomic E-state index is 12.8. The Morgan fingerprint density at radius 3 is 1.79 bits per heavy atom. The summed E-state index contributed by atoms with van der Waals surface area (Å²) in [5.41, 5.74) is -2.85. The summed E-state index contributed by atoms with van der Waals surface area (Å²) in [5, 5.41) is -0.273. The van der Waals surface area contributed by atoms with Crippen LogP contribution in [-0.4, -0.2) is 5.78 Å². The van der Waals surface area contributed by atoms with Crippen LogP contribution in [0.15, 0.2) is 36.4 Å². The van der Waals surface area contributed by atoms with Gasteiger partial charge in [0, 0.05) is 11.1 Å². The number of benzene rings is 2. The highest BCUT2D eigenvalue weighted by molar-refractivity contribution is 6.35. The zero-order valence-corrected chi connectivity index (χ0v) is 12.8. The van der Waals surface area contributed by atoms with E-state index < -0.39 is 34.8 Å². The normalized spacial score (nSPS) is 12.3. The molecule has 8 heteroatoms. The first-order valence-electron chi connectivity index (χ1n) is 6.50. The fourth-order valence-electron chi connectivity index (χ4n) is 2.06. The SMILES string of the molecule is Cc1ccc(C(F)(F)F)cc1C(=O)c1cc(C(F)(F)F)ccc1Cl. The number of rotatable bonds is 2. The first-order chi connectivity index (χ1) is 10.9. The van der Waals surface area contributed by atoms with E-state index >= 15 is 0 Å². The molecule has 0 aliphatic carbocycles. The van der Waals surface area contributed by atoms with Gasteiger partial charge in [-0.2, -0.15) is 26.3 Å². The maximum absolute atomic E-state index is 12.8. The molecule has 0 aliphatic rings. The van der Waals surface area contributed by atoms with Crippen molar-refractivity contribution >= 4 is 17.4 Å². The van der Waals surface area contributed by atoms with Gasteiger partial charge in [-0.15, -0.1) is 0 Å². The van der Waals surface area contributed by atoms with Crippen LogP contribution in [0.5, 0.6) is 0 Å². The molecule has 0 bridgehead atoms. The first kappa shape index (κ1) is 18.3. The van der Waals surface area contributed by atoms with Gasteiger partial charge in [-0.25, -0.2) is 0 Å². The number of halogens is 7. The Morgan fingerprint density at radius 2 is 1.29 bits per heavy atom. The van der Waals surface area contributed by atoms with E-state index in [0.29, 0.717) is 18.2 Å². The van der Waals surface area contributed by atoms with Crippen molar-refractivity contribution in [2.24, 2.45) is 0 Å². The molecular formula is C16H9ClF6O. The second-order valence-corrected chi connectivity index (χ2v) is 5.46. The van der Waals surface area contributed by atoms with Crippen molar-refractivity contribution < 1.29 is 31.1 Å². The molecule has 0 aromatic heterocycles. The molecule has 0 saturated heterocycles. The lowest BCUT2D eigenvalue weighted by molar-refractivity contribution is -0.138. The highest BCUT2D eigenvalue weighted by atomic mass is 35.5. The zero-order valence-electron chi connectivity index (χ0n) is 12.0. The van der Waals surface area contributed by atoms with Gasteiger partial charge in [0.2, 0.25) is 0 Å². The lowest BCUT2D eigenvalue weighted by Crippen LogP contribution is -2.12. The third kappa shape index (κ3) is 3.72. The van der Waals surface area contributed by atoms with Crippen LogP contribution in [0.4, 0.5) is 26.3 Å². The minimum atomic E-state index is -4.71. The molecule has 0 amide bonds. The molecule has 0 radical (unpaired) electrons. The fourth-order valence-corrected chi connectivity index (χ4v) is 2.27. The summed E-state index contributed by atoms with van der Waals surface area (Å²) in [4.78, 5) is 12.4. The molecule has 0 aliphatic heterocycles. The minimum Gasteiger partial charge on any atom is -0.289 e. The van der Waals surface area contributed by atoms with Crippen molar-refractivity contribution in [1.29, 1.82) is 0 Å². The number of hydrogen-bond donors (Lipinski definition) is 0. The van der Waals surface area contributed by atoms with E-state index in [0.717, 1.165) is 18.2 Å². The average Bonchev–Trinajstić information content (AvgIpc) is 2.45. The molecule has 0 fully saturated rings. The summed E-state index contributed by atoms with van der Waals surface area (Å²) < 4.78 is 76.6. The minimum absolute atomic E-state index is 0.196. The number of ketones is 1. The molecule has 0 spiro atoms. The van der Waals surface area contributed by atoms with Crippen LogP contribution in [0.1, 0.15) is 32.6 Å². The van der Waals surface area contributed by atoms with Crippen molar-refractivity contribution in [3.05, 3.63) is 69.2 Å². The second kappa shape index (κ2) is 6.12. The van der Waals surface area contributed by atoms with Gasteiger partial charge in [0.05, 0.1) is 16.1 Å². The summed E-state index contributed by atoms with van der Waals surface area (Å²) >= 11 is 5.76. The van der Waals surface area contributed by atoms with Crippen LogP contribution in [0.3, 0.4) is 0 Å². The van der Waals surface area contributed by atoms with Gasteiger partial charge in [-0.3, -0.25) is 4.79 Å². The third-order valence-electron chi connectivity index (χ3n) is 3.35. The molecule has 0 heterocycles. The molecule has 2 aromatic carbocycles. The molecule has 0 saturated carbocycles. The van der Waals surface area contributed by atoms with Gasteiger partial charge in [0.1, 0.15) is 0 Å². The second-order valence-electron chi connectivity index (χ2n) is 5.05. The van der Waals surface area contributed by atoms with Crippen molar-refractivity contribution in [3.8, 4) is 0 Å². The Hall–Kier alpha value is -2.02. The largest absolute Gasteiger partial charge is 0.416 e. The number of alkyl halides is 6. The highest BCUT2D eigenvalue weighted by Crippen LogP contribution is 2.34. The molecule has 1 nitrogen and oxygen atoms in total. The molecule has 128 valence electrons. The Morgan fingerprint density at radius 1 is 0.833 bits per heavy atom. The monoisotopic (exact) mass is 366 g/mol. The summed E-state index contributed by atoms with van der Waals surface area (Å²) in [5.74, 6) is -1.00. The van der Waals surface area contributed by atoms with Gasteiger partial charge in [-0.05, 0) is 42.8 Å². The zero-order chi connectivity index (χ0) is 18.3. The summed E-state index contributed by atoms with van der Waals surface area (Å²) in [7, 11) is 0. The molecule has 2 aromatic rings. The standard InChI is InChI=1S/C16H9ClF6O/c1-8-2-3-9(15(18,19)20)6-11(8)14(24)12-7-10(16(21,22)23)4-5-13(12)17/h2-7H,1H3. The van der Waals surface area contributed by atoms with Crippen LogP contribution in [-0.2, 0) is 12.4 Å². The number of aryl methyl sites for hydroxylation is 1. The fraction of sp³-hybridized carbons (Fsp3) is 0.188. The predicted octanol–water partition coefficient (Wildman–Crippen LogP) is 5.92. The first-order valence-corrected chi connectivity index (χ1v) is 6.88. The number of carbonyl (C=O) groups excluding carboxylic acids is 1. The third-order valence-corrected chi connectivity index (χ3v) is 3.68.